The number of carbonyl (C=O) groups excluding carboxylic acids is 2. The molecule has 0 radical (unpaired) electrons. The molecule has 0 unspecified atom stereocenters. The molecule has 1 N–H and O–H groups in total. The lowest BCUT2D eigenvalue weighted by Gasteiger charge is -2.29. The van der Waals surface area contributed by atoms with Crippen LogP contribution in [0.2, 0.25) is 0 Å². The van der Waals surface area contributed by atoms with E-state index in [9.17, 15) is 9.59 Å². The van der Waals surface area contributed by atoms with Gasteiger partial charge in [-0.05, 0) is 22.0 Å². The molecule has 0 spiro atoms. The third kappa shape index (κ3) is 3.11. The van der Waals surface area contributed by atoms with E-state index in [4.69, 9.17) is 9.47 Å². The SMILES string of the molecule is CC1(C)OC(=O)C(=CNc2ccncc2Br)C(=O)O1. The van der Waals surface area contributed by atoms with Crippen LogP contribution in [0.1, 0.15) is 13.8 Å². The van der Waals surface area contributed by atoms with Crippen LogP contribution >= 0.6 is 15.9 Å². The van der Waals surface area contributed by atoms with Crippen LogP contribution in [0.3, 0.4) is 0 Å². The normalized spacial score (nSPS) is 17.5. The Hall–Kier alpha value is -1.89. The minimum atomic E-state index is -1.23. The first-order valence-electron chi connectivity index (χ1n) is 5.42. The van der Waals surface area contributed by atoms with Gasteiger partial charge < -0.3 is 14.8 Å². The molecule has 0 aliphatic carbocycles. The van der Waals surface area contributed by atoms with Gasteiger partial charge in [0.15, 0.2) is 5.57 Å². The third-order valence-electron chi connectivity index (χ3n) is 2.26. The highest BCUT2D eigenvalue weighted by molar-refractivity contribution is 9.10. The van der Waals surface area contributed by atoms with Crippen LogP contribution in [0.4, 0.5) is 5.69 Å². The molecular weight excluding hydrogens is 316 g/mol. The maximum Gasteiger partial charge on any atom is 0.350 e. The predicted octanol–water partition coefficient (Wildman–Crippen LogP) is 1.98. The zero-order chi connectivity index (χ0) is 14.0. The van der Waals surface area contributed by atoms with E-state index < -0.39 is 17.7 Å². The van der Waals surface area contributed by atoms with Gasteiger partial charge in [-0.25, -0.2) is 9.59 Å². The van der Waals surface area contributed by atoms with Crippen LogP contribution in [-0.2, 0) is 19.1 Å². The van der Waals surface area contributed by atoms with E-state index in [0.29, 0.717) is 10.2 Å². The number of aromatic nitrogens is 1. The summed E-state index contributed by atoms with van der Waals surface area (Å²) in [6.07, 6.45) is 4.41. The number of ether oxygens (including phenoxy) is 2. The third-order valence-corrected chi connectivity index (χ3v) is 2.89. The molecule has 0 amide bonds. The van der Waals surface area contributed by atoms with Crippen LogP contribution in [-0.4, -0.2) is 22.7 Å². The molecule has 2 heterocycles. The van der Waals surface area contributed by atoms with Crippen molar-refractivity contribution in [2.45, 2.75) is 19.6 Å². The van der Waals surface area contributed by atoms with Gasteiger partial charge in [-0.2, -0.15) is 0 Å². The first-order valence-corrected chi connectivity index (χ1v) is 6.21. The molecule has 1 aliphatic heterocycles. The number of pyridine rings is 1. The zero-order valence-corrected chi connectivity index (χ0v) is 11.9. The van der Waals surface area contributed by atoms with Gasteiger partial charge in [0.05, 0.1) is 10.2 Å². The molecule has 2 rings (SSSR count). The fraction of sp³-hybridized carbons (Fsp3) is 0.250. The molecule has 0 aromatic carbocycles. The molecule has 0 atom stereocenters. The minimum absolute atomic E-state index is 0.192. The summed E-state index contributed by atoms with van der Waals surface area (Å²) >= 11 is 3.28. The maximum atomic E-state index is 11.7. The predicted molar refractivity (Wildman–Crippen MR) is 69.9 cm³/mol. The van der Waals surface area contributed by atoms with E-state index in [1.165, 1.54) is 20.0 Å². The smallest absolute Gasteiger partial charge is 0.350 e. The Morgan fingerprint density at radius 3 is 2.53 bits per heavy atom. The Kier molecular flexibility index (Phi) is 3.57. The molecule has 1 fully saturated rings. The highest BCUT2D eigenvalue weighted by Crippen LogP contribution is 2.24. The van der Waals surface area contributed by atoms with Crippen molar-refractivity contribution < 1.29 is 19.1 Å². The first kappa shape index (κ1) is 13.5. The fourth-order valence-electron chi connectivity index (χ4n) is 1.42. The van der Waals surface area contributed by atoms with Crippen LogP contribution in [0.15, 0.2) is 34.7 Å². The summed E-state index contributed by atoms with van der Waals surface area (Å²) < 4.78 is 10.6. The number of hydrogen-bond donors (Lipinski definition) is 1. The number of halogens is 1. The lowest BCUT2D eigenvalue weighted by atomic mass is 10.2. The molecule has 0 saturated carbocycles. The van der Waals surface area contributed by atoms with Crippen LogP contribution in [0.5, 0.6) is 0 Å². The Labute approximate surface area is 117 Å². The monoisotopic (exact) mass is 326 g/mol. The number of hydrogen-bond acceptors (Lipinski definition) is 6. The van der Waals surface area contributed by atoms with E-state index in [1.807, 2.05) is 0 Å². The topological polar surface area (TPSA) is 77.5 Å². The molecule has 1 aliphatic rings. The Morgan fingerprint density at radius 2 is 1.95 bits per heavy atom. The Bertz CT molecular complexity index is 547. The number of esters is 2. The number of anilines is 1. The lowest BCUT2D eigenvalue weighted by Crippen LogP contribution is -2.42. The average Bonchev–Trinajstić information content (AvgIpc) is 2.28. The summed E-state index contributed by atoms with van der Waals surface area (Å²) in [6, 6.07) is 1.69. The summed E-state index contributed by atoms with van der Waals surface area (Å²) in [5.74, 6) is -2.68. The van der Waals surface area contributed by atoms with E-state index >= 15 is 0 Å². The Morgan fingerprint density at radius 1 is 1.32 bits per heavy atom. The van der Waals surface area contributed by atoms with Crippen molar-refractivity contribution >= 4 is 33.6 Å². The summed E-state index contributed by atoms with van der Waals surface area (Å²) in [5.41, 5.74) is 0.468. The summed E-state index contributed by atoms with van der Waals surface area (Å²) in [7, 11) is 0. The standard InChI is InChI=1S/C12H11BrN2O4/c1-12(2)18-10(16)7(11(17)19-12)5-15-9-3-4-14-6-8(9)13/h3-6H,1-2H3,(H,14,15). The highest BCUT2D eigenvalue weighted by atomic mass is 79.9. The van der Waals surface area contributed by atoms with E-state index in [-0.39, 0.29) is 5.57 Å². The second-order valence-corrected chi connectivity index (χ2v) is 5.09. The number of nitrogens with one attached hydrogen (secondary N) is 1. The molecule has 19 heavy (non-hydrogen) atoms. The van der Waals surface area contributed by atoms with Gasteiger partial charge in [0.1, 0.15) is 0 Å². The van der Waals surface area contributed by atoms with Gasteiger partial charge in [-0.15, -0.1) is 0 Å². The van der Waals surface area contributed by atoms with Crippen molar-refractivity contribution in [2.75, 3.05) is 5.32 Å². The molecular formula is C12H11BrN2O4. The van der Waals surface area contributed by atoms with Crippen LogP contribution in [0, 0.1) is 0 Å². The van der Waals surface area contributed by atoms with Gasteiger partial charge in [-0.1, -0.05) is 0 Å². The summed E-state index contributed by atoms with van der Waals surface area (Å²) in [4.78, 5) is 27.2. The molecule has 1 aromatic rings. The highest BCUT2D eigenvalue weighted by Gasteiger charge is 2.38. The molecule has 1 aromatic heterocycles. The largest absolute Gasteiger partial charge is 0.419 e. The second-order valence-electron chi connectivity index (χ2n) is 4.24. The second kappa shape index (κ2) is 5.00. The van der Waals surface area contributed by atoms with Crippen LogP contribution < -0.4 is 5.32 Å². The van der Waals surface area contributed by atoms with Gasteiger partial charge in [0, 0.05) is 32.4 Å². The van der Waals surface area contributed by atoms with E-state index in [0.717, 1.165) is 0 Å². The van der Waals surface area contributed by atoms with E-state index in [2.05, 4.69) is 26.2 Å². The van der Waals surface area contributed by atoms with Gasteiger partial charge in [0.25, 0.3) is 5.79 Å². The Balaban J connectivity index is 2.18. The van der Waals surface area contributed by atoms with Crippen molar-refractivity contribution in [1.29, 1.82) is 0 Å². The summed E-state index contributed by atoms with van der Waals surface area (Å²) in [5, 5.41) is 2.82. The molecule has 1 saturated heterocycles. The van der Waals surface area contributed by atoms with Crippen molar-refractivity contribution in [1.82, 2.24) is 4.98 Å². The van der Waals surface area contributed by atoms with E-state index in [1.54, 1.807) is 18.5 Å². The minimum Gasteiger partial charge on any atom is -0.419 e. The zero-order valence-electron chi connectivity index (χ0n) is 10.3. The van der Waals surface area contributed by atoms with Crippen LogP contribution in [0.25, 0.3) is 0 Å². The van der Waals surface area contributed by atoms with Crippen molar-refractivity contribution in [3.8, 4) is 0 Å². The van der Waals surface area contributed by atoms with Crippen molar-refractivity contribution in [3.63, 3.8) is 0 Å². The quantitative estimate of drug-likeness (QED) is 0.508. The van der Waals surface area contributed by atoms with Gasteiger partial charge in [0.2, 0.25) is 0 Å². The number of nitrogens with zero attached hydrogens (tertiary/aromatic N) is 1. The molecule has 0 bridgehead atoms. The van der Waals surface area contributed by atoms with Crippen molar-refractivity contribution in [3.05, 3.63) is 34.7 Å². The average molecular weight is 327 g/mol. The van der Waals surface area contributed by atoms with Crippen molar-refractivity contribution in [2.24, 2.45) is 0 Å². The number of cyclic esters (lactones) is 2. The lowest BCUT2D eigenvalue weighted by molar-refractivity contribution is -0.222. The number of rotatable bonds is 2. The summed E-state index contributed by atoms with van der Waals surface area (Å²) in [6.45, 7) is 2.99. The molecule has 6 nitrogen and oxygen atoms in total. The van der Waals surface area contributed by atoms with Gasteiger partial charge >= 0.3 is 11.9 Å². The molecule has 7 heteroatoms. The number of carbonyl (C=O) groups is 2. The fourth-order valence-corrected chi connectivity index (χ4v) is 1.79. The maximum absolute atomic E-state index is 11.7. The van der Waals surface area contributed by atoms with Gasteiger partial charge in [-0.3, -0.25) is 4.98 Å². The molecule has 100 valence electrons. The first-order chi connectivity index (χ1) is 8.89.